The Labute approximate surface area is 42.2 Å². The van der Waals surface area contributed by atoms with E-state index in [0.717, 1.165) is 0 Å². The Morgan fingerprint density at radius 2 is 2.33 bits per heavy atom. The molecule has 0 rings (SSSR count). The Morgan fingerprint density at radius 1 is 1.67 bits per heavy atom. The summed E-state index contributed by atoms with van der Waals surface area (Å²) in [5.41, 5.74) is 1.36. The Morgan fingerprint density at radius 3 is 2.50 bits per heavy atom. The maximum Gasteiger partial charge on any atom is 0.0857 e. The highest BCUT2D eigenvalue weighted by atomic mass is 35.5. The van der Waals surface area contributed by atoms with Crippen LogP contribution in [0, 0.1) is 0 Å². The van der Waals surface area contributed by atoms with Gasteiger partial charge in [-0.2, -0.15) is 0 Å². The first-order valence-electron chi connectivity index (χ1n) is 1.75. The average Bonchev–Trinajstić information content (AvgIpc) is 1.61. The van der Waals surface area contributed by atoms with Crippen LogP contribution >= 0.6 is 11.6 Å². The van der Waals surface area contributed by atoms with Gasteiger partial charge in [0, 0.05) is 5.54 Å². The smallest absolute Gasteiger partial charge is 0.0857 e. The van der Waals surface area contributed by atoms with Crippen LogP contribution < -0.4 is 0 Å². The SMILES string of the molecule is [O]CCC=CCl. The van der Waals surface area contributed by atoms with Crippen LogP contribution in [-0.4, -0.2) is 6.61 Å². The minimum absolute atomic E-state index is 0.0662. The van der Waals surface area contributed by atoms with Gasteiger partial charge in [-0.1, -0.05) is 17.7 Å². The summed E-state index contributed by atoms with van der Waals surface area (Å²) < 4.78 is 0. The van der Waals surface area contributed by atoms with Gasteiger partial charge in [-0.25, -0.2) is 5.11 Å². The normalized spacial score (nSPS) is 10.3. The second-order valence-electron chi connectivity index (χ2n) is 0.854. The molecule has 0 saturated heterocycles. The molecule has 0 aromatic rings. The molecule has 0 bridgehead atoms. The van der Waals surface area contributed by atoms with E-state index in [1.54, 1.807) is 6.08 Å². The lowest BCUT2D eigenvalue weighted by molar-refractivity contribution is 0.199. The summed E-state index contributed by atoms with van der Waals surface area (Å²) >= 11 is 5.06. The second-order valence-corrected chi connectivity index (χ2v) is 1.11. The lowest BCUT2D eigenvalue weighted by Crippen LogP contribution is -1.69. The average molecular weight is 106 g/mol. The number of rotatable bonds is 2. The second kappa shape index (κ2) is 4.99. The van der Waals surface area contributed by atoms with E-state index in [0.29, 0.717) is 6.42 Å². The van der Waals surface area contributed by atoms with E-state index in [1.165, 1.54) is 5.54 Å². The molecular weight excluding hydrogens is 99.5 g/mol. The van der Waals surface area contributed by atoms with Gasteiger partial charge in [-0.3, -0.25) is 0 Å². The van der Waals surface area contributed by atoms with Crippen LogP contribution in [0.4, 0.5) is 0 Å². The van der Waals surface area contributed by atoms with Gasteiger partial charge in [0.15, 0.2) is 0 Å². The summed E-state index contributed by atoms with van der Waals surface area (Å²) in [5.74, 6) is 0. The molecule has 1 nitrogen and oxygen atoms in total. The largest absolute Gasteiger partial charge is 0.236 e. The molecular formula is C4H6ClO. The number of hydrogen-bond donors (Lipinski definition) is 0. The summed E-state index contributed by atoms with van der Waals surface area (Å²) in [4.78, 5) is 0. The Hall–Kier alpha value is -0.0100. The molecule has 35 valence electrons. The van der Waals surface area contributed by atoms with Gasteiger partial charge in [0.05, 0.1) is 6.61 Å². The molecule has 1 radical (unpaired) electrons. The summed E-state index contributed by atoms with van der Waals surface area (Å²) in [7, 11) is 0. The first-order chi connectivity index (χ1) is 2.91. The van der Waals surface area contributed by atoms with Crippen molar-refractivity contribution in [3.8, 4) is 0 Å². The number of hydrogen-bond acceptors (Lipinski definition) is 0. The highest BCUT2D eigenvalue weighted by molar-refractivity contribution is 6.25. The zero-order valence-electron chi connectivity index (χ0n) is 3.36. The van der Waals surface area contributed by atoms with E-state index in [1.807, 2.05) is 0 Å². The van der Waals surface area contributed by atoms with Gasteiger partial charge in [0.25, 0.3) is 0 Å². The van der Waals surface area contributed by atoms with Crippen molar-refractivity contribution in [1.29, 1.82) is 0 Å². The van der Waals surface area contributed by atoms with E-state index >= 15 is 0 Å². The van der Waals surface area contributed by atoms with Gasteiger partial charge in [0.1, 0.15) is 0 Å². The predicted octanol–water partition coefficient (Wildman–Crippen LogP) is 1.56. The van der Waals surface area contributed by atoms with Crippen molar-refractivity contribution < 1.29 is 5.11 Å². The predicted molar refractivity (Wildman–Crippen MR) is 25.2 cm³/mol. The van der Waals surface area contributed by atoms with Crippen LogP contribution in [-0.2, 0) is 5.11 Å². The lowest BCUT2D eigenvalue weighted by Gasteiger charge is -1.72. The van der Waals surface area contributed by atoms with Crippen LogP contribution in [0.2, 0.25) is 0 Å². The maximum absolute atomic E-state index is 9.58. The molecule has 0 atom stereocenters. The molecule has 0 fully saturated rings. The fourth-order valence-corrected chi connectivity index (χ4v) is 0.257. The zero-order valence-corrected chi connectivity index (χ0v) is 4.11. The third kappa shape index (κ3) is 3.99. The van der Waals surface area contributed by atoms with Crippen molar-refractivity contribution in [1.82, 2.24) is 0 Å². The first kappa shape index (κ1) is 5.99. The van der Waals surface area contributed by atoms with Crippen LogP contribution in [0.5, 0.6) is 0 Å². The molecule has 0 amide bonds. The highest BCUT2D eigenvalue weighted by Gasteiger charge is 1.69. The third-order valence-electron chi connectivity index (χ3n) is 0.374. The van der Waals surface area contributed by atoms with Crippen LogP contribution in [0.25, 0.3) is 0 Å². The maximum atomic E-state index is 9.58. The van der Waals surface area contributed by atoms with E-state index in [-0.39, 0.29) is 6.61 Å². The molecule has 2 heteroatoms. The van der Waals surface area contributed by atoms with E-state index < -0.39 is 0 Å². The van der Waals surface area contributed by atoms with Crippen molar-refractivity contribution >= 4 is 11.6 Å². The van der Waals surface area contributed by atoms with Crippen molar-refractivity contribution in [3.05, 3.63) is 11.6 Å². The molecule has 0 unspecified atom stereocenters. The van der Waals surface area contributed by atoms with Gasteiger partial charge in [-0.05, 0) is 6.42 Å². The fraction of sp³-hybridized carbons (Fsp3) is 0.500. The summed E-state index contributed by atoms with van der Waals surface area (Å²) in [6.45, 7) is -0.0662. The van der Waals surface area contributed by atoms with Gasteiger partial charge < -0.3 is 0 Å². The minimum atomic E-state index is -0.0662. The first-order valence-corrected chi connectivity index (χ1v) is 2.18. The van der Waals surface area contributed by atoms with Crippen molar-refractivity contribution in [2.45, 2.75) is 6.42 Å². The van der Waals surface area contributed by atoms with Crippen LogP contribution in [0.15, 0.2) is 11.6 Å². The van der Waals surface area contributed by atoms with Crippen molar-refractivity contribution in [3.63, 3.8) is 0 Å². The molecule has 0 saturated carbocycles. The molecule has 0 N–H and O–H groups in total. The van der Waals surface area contributed by atoms with Gasteiger partial charge in [-0.15, -0.1) is 0 Å². The molecule has 6 heavy (non-hydrogen) atoms. The zero-order chi connectivity index (χ0) is 4.83. The molecule has 0 aromatic carbocycles. The van der Waals surface area contributed by atoms with Gasteiger partial charge >= 0.3 is 0 Å². The topological polar surface area (TPSA) is 19.9 Å². The molecule has 0 heterocycles. The summed E-state index contributed by atoms with van der Waals surface area (Å²) in [5, 5.41) is 9.58. The van der Waals surface area contributed by atoms with Crippen LogP contribution in [0.1, 0.15) is 6.42 Å². The van der Waals surface area contributed by atoms with E-state index in [9.17, 15) is 5.11 Å². The molecule has 0 aliphatic rings. The Balaban J connectivity index is 2.66. The van der Waals surface area contributed by atoms with Crippen molar-refractivity contribution in [2.75, 3.05) is 6.61 Å². The summed E-state index contributed by atoms with van der Waals surface area (Å²) in [6.07, 6.45) is 2.18. The molecule has 0 aliphatic carbocycles. The molecule has 0 aliphatic heterocycles. The lowest BCUT2D eigenvalue weighted by atomic mass is 10.5. The standard InChI is InChI=1S/C4H6ClO/c5-3-1-2-4-6/h1,3H,2,4H2. The quantitative estimate of drug-likeness (QED) is 0.508. The Bertz CT molecular complexity index is 42.8. The molecule has 0 spiro atoms. The van der Waals surface area contributed by atoms with E-state index in [4.69, 9.17) is 11.6 Å². The van der Waals surface area contributed by atoms with E-state index in [2.05, 4.69) is 0 Å². The monoisotopic (exact) mass is 105 g/mol. The number of halogens is 1. The Kier molecular flexibility index (Phi) is 4.98. The highest BCUT2D eigenvalue weighted by Crippen LogP contribution is 1.81. The van der Waals surface area contributed by atoms with Crippen LogP contribution in [0.3, 0.4) is 0 Å². The van der Waals surface area contributed by atoms with Crippen molar-refractivity contribution in [2.24, 2.45) is 0 Å². The fourth-order valence-electron chi connectivity index (χ4n) is 0.131. The minimum Gasteiger partial charge on any atom is -0.236 e. The third-order valence-corrected chi connectivity index (χ3v) is 0.552. The summed E-state index contributed by atoms with van der Waals surface area (Å²) in [6, 6.07) is 0. The van der Waals surface area contributed by atoms with Gasteiger partial charge in [0.2, 0.25) is 0 Å². The molecule has 0 aromatic heterocycles.